The molecule has 7 heteroatoms. The van der Waals surface area contributed by atoms with Crippen molar-refractivity contribution in [3.05, 3.63) is 12.2 Å². The molecule has 2 bridgehead atoms. The quantitative estimate of drug-likeness (QED) is 0.753. The molecule has 0 aromatic carbocycles. The van der Waals surface area contributed by atoms with Crippen molar-refractivity contribution in [3.63, 3.8) is 0 Å². The van der Waals surface area contributed by atoms with Crippen molar-refractivity contribution in [2.75, 3.05) is 0 Å². The molecular weight excluding hydrogens is 299 g/mol. The van der Waals surface area contributed by atoms with Gasteiger partial charge in [-0.15, -0.1) is 0 Å². The monoisotopic (exact) mass is 321 g/mol. The summed E-state index contributed by atoms with van der Waals surface area (Å²) in [4.78, 5) is 13.7. The fourth-order valence-corrected chi connectivity index (χ4v) is 3.35. The van der Waals surface area contributed by atoms with Crippen molar-refractivity contribution in [3.8, 4) is 0 Å². The molecular formula is C15H22F3NO3. The van der Waals surface area contributed by atoms with Crippen LogP contribution in [0.4, 0.5) is 18.0 Å². The average molecular weight is 321 g/mol. The van der Waals surface area contributed by atoms with Crippen molar-refractivity contribution in [1.29, 1.82) is 0 Å². The molecule has 2 fully saturated rings. The van der Waals surface area contributed by atoms with E-state index in [4.69, 9.17) is 4.74 Å². The largest absolute Gasteiger partial charge is 0.444 e. The van der Waals surface area contributed by atoms with E-state index in [2.05, 4.69) is 6.58 Å². The van der Waals surface area contributed by atoms with Crippen LogP contribution in [-0.4, -0.2) is 45.6 Å². The van der Waals surface area contributed by atoms with E-state index in [9.17, 15) is 23.1 Å². The fraction of sp³-hybridized carbons (Fsp3) is 0.800. The zero-order valence-corrected chi connectivity index (χ0v) is 13.0. The molecule has 0 saturated carbocycles. The Balaban J connectivity index is 2.15. The number of hydrogen-bond donors (Lipinski definition) is 1. The number of hydrogen-bond acceptors (Lipinski definition) is 3. The number of nitrogens with zero attached hydrogens (tertiary/aromatic N) is 1. The Morgan fingerprint density at radius 3 is 2.05 bits per heavy atom. The third-order valence-electron chi connectivity index (χ3n) is 4.27. The zero-order valence-electron chi connectivity index (χ0n) is 13.0. The lowest BCUT2D eigenvalue weighted by molar-refractivity contribution is -0.133. The second-order valence-corrected chi connectivity index (χ2v) is 7.19. The molecule has 0 aromatic rings. The number of alkyl halides is 3. The van der Waals surface area contributed by atoms with Gasteiger partial charge in [-0.1, -0.05) is 6.58 Å². The van der Waals surface area contributed by atoms with Crippen LogP contribution in [0.1, 0.15) is 46.5 Å². The Kier molecular flexibility index (Phi) is 4.00. The van der Waals surface area contributed by atoms with E-state index in [0.29, 0.717) is 12.8 Å². The van der Waals surface area contributed by atoms with Gasteiger partial charge in [0, 0.05) is 24.9 Å². The molecule has 0 aliphatic carbocycles. The number of halogens is 3. The highest BCUT2D eigenvalue weighted by atomic mass is 19.4. The first-order valence-corrected chi connectivity index (χ1v) is 7.34. The Hall–Kier alpha value is -1.24. The van der Waals surface area contributed by atoms with Gasteiger partial charge < -0.3 is 14.7 Å². The summed E-state index contributed by atoms with van der Waals surface area (Å²) in [6.07, 6.45) is -4.33. The fourth-order valence-electron chi connectivity index (χ4n) is 3.35. The highest BCUT2D eigenvalue weighted by molar-refractivity contribution is 5.70. The third kappa shape index (κ3) is 3.24. The van der Waals surface area contributed by atoms with Crippen LogP contribution in [-0.2, 0) is 4.74 Å². The second kappa shape index (κ2) is 5.15. The molecule has 2 atom stereocenters. The molecule has 2 rings (SSSR count). The second-order valence-electron chi connectivity index (χ2n) is 7.19. The number of aliphatic hydroxyl groups is 1. The van der Waals surface area contributed by atoms with Gasteiger partial charge in [0.25, 0.3) is 0 Å². The molecule has 2 aliphatic rings. The van der Waals surface area contributed by atoms with Crippen molar-refractivity contribution < 1.29 is 27.8 Å². The summed E-state index contributed by atoms with van der Waals surface area (Å²) < 4.78 is 43.9. The lowest BCUT2D eigenvalue weighted by Gasteiger charge is -2.44. The molecule has 0 radical (unpaired) electrons. The lowest BCUT2D eigenvalue weighted by atomic mass is 9.80. The minimum absolute atomic E-state index is 0.152. The van der Waals surface area contributed by atoms with Crippen molar-refractivity contribution in [1.82, 2.24) is 4.90 Å². The molecule has 0 aromatic heterocycles. The van der Waals surface area contributed by atoms with Crippen molar-refractivity contribution >= 4 is 6.09 Å². The molecule has 1 N–H and O–H groups in total. The zero-order chi connectivity index (χ0) is 16.9. The molecule has 2 unspecified atom stereocenters. The average Bonchev–Trinajstić information content (AvgIpc) is 2.58. The summed E-state index contributed by atoms with van der Waals surface area (Å²) in [5, 5.41) is 10.4. The number of rotatable bonds is 1. The molecule has 22 heavy (non-hydrogen) atoms. The van der Waals surface area contributed by atoms with Crippen molar-refractivity contribution in [2.45, 2.75) is 75.9 Å². The number of fused-ring (bicyclic) bond motifs is 2. The van der Waals surface area contributed by atoms with E-state index in [0.717, 1.165) is 0 Å². The molecule has 0 spiro atoms. The van der Waals surface area contributed by atoms with Gasteiger partial charge in [-0.2, -0.15) is 13.2 Å². The van der Waals surface area contributed by atoms with E-state index in [1.807, 2.05) is 0 Å². The van der Waals surface area contributed by atoms with Crippen LogP contribution in [0.5, 0.6) is 0 Å². The molecule has 2 aliphatic heterocycles. The van der Waals surface area contributed by atoms with Gasteiger partial charge in [-0.25, -0.2) is 4.79 Å². The summed E-state index contributed by atoms with van der Waals surface area (Å²) in [5.74, 6) is 0. The summed E-state index contributed by atoms with van der Waals surface area (Å²) in [6.45, 7) is 8.24. The highest BCUT2D eigenvalue weighted by Gasteiger charge is 2.55. The highest BCUT2D eigenvalue weighted by Crippen LogP contribution is 2.47. The Morgan fingerprint density at radius 2 is 1.68 bits per heavy atom. The van der Waals surface area contributed by atoms with Crippen LogP contribution < -0.4 is 0 Å². The SMILES string of the molecule is C=C(C(F)(F)F)C1(O)CC2CCC(C1)N2C(=O)OC(C)(C)C. The van der Waals surface area contributed by atoms with Crippen LogP contribution in [0.25, 0.3) is 0 Å². The maximum absolute atomic E-state index is 12.9. The Morgan fingerprint density at radius 1 is 1.23 bits per heavy atom. The van der Waals surface area contributed by atoms with Crippen molar-refractivity contribution in [2.24, 2.45) is 0 Å². The van der Waals surface area contributed by atoms with Gasteiger partial charge in [-0.05, 0) is 33.6 Å². The lowest BCUT2D eigenvalue weighted by Crippen LogP contribution is -2.56. The van der Waals surface area contributed by atoms with E-state index >= 15 is 0 Å². The van der Waals surface area contributed by atoms with Gasteiger partial charge in [0.1, 0.15) is 5.60 Å². The van der Waals surface area contributed by atoms with Crippen LogP contribution in [0, 0.1) is 0 Å². The van der Waals surface area contributed by atoms with E-state index < -0.39 is 41.1 Å². The van der Waals surface area contributed by atoms with E-state index in [1.165, 1.54) is 4.90 Å². The molecule has 126 valence electrons. The summed E-state index contributed by atoms with van der Waals surface area (Å²) in [6, 6.07) is -0.893. The summed E-state index contributed by atoms with van der Waals surface area (Å²) in [5.41, 5.74) is -3.79. The Bertz CT molecular complexity index is 467. The number of amides is 1. The molecule has 2 heterocycles. The Labute approximate surface area is 127 Å². The van der Waals surface area contributed by atoms with E-state index in [-0.39, 0.29) is 12.8 Å². The summed E-state index contributed by atoms with van der Waals surface area (Å²) >= 11 is 0. The van der Waals surface area contributed by atoms with Crippen LogP contribution in [0.2, 0.25) is 0 Å². The van der Waals surface area contributed by atoms with Crippen LogP contribution >= 0.6 is 0 Å². The van der Waals surface area contributed by atoms with Crippen LogP contribution in [0.15, 0.2) is 12.2 Å². The molecule has 4 nitrogen and oxygen atoms in total. The maximum Gasteiger partial charge on any atom is 0.414 e. The third-order valence-corrected chi connectivity index (χ3v) is 4.27. The van der Waals surface area contributed by atoms with Gasteiger partial charge >= 0.3 is 12.3 Å². The first-order chi connectivity index (χ1) is 9.83. The minimum Gasteiger partial charge on any atom is -0.444 e. The van der Waals surface area contributed by atoms with Gasteiger partial charge in [-0.3, -0.25) is 0 Å². The predicted molar refractivity (Wildman–Crippen MR) is 74.3 cm³/mol. The number of piperidine rings is 1. The van der Waals surface area contributed by atoms with Gasteiger partial charge in [0.05, 0.1) is 11.2 Å². The first kappa shape index (κ1) is 17.1. The van der Waals surface area contributed by atoms with Crippen LogP contribution in [0.3, 0.4) is 0 Å². The molecule has 1 amide bonds. The van der Waals surface area contributed by atoms with Gasteiger partial charge in [0.2, 0.25) is 0 Å². The number of carbonyl (C=O) groups is 1. The number of carbonyl (C=O) groups excluding carboxylic acids is 1. The minimum atomic E-state index is -4.64. The topological polar surface area (TPSA) is 49.8 Å². The van der Waals surface area contributed by atoms with E-state index in [1.54, 1.807) is 20.8 Å². The molecule has 2 saturated heterocycles. The van der Waals surface area contributed by atoms with Gasteiger partial charge in [0.15, 0.2) is 0 Å². The summed E-state index contributed by atoms with van der Waals surface area (Å²) in [7, 11) is 0. The first-order valence-electron chi connectivity index (χ1n) is 7.34. The smallest absolute Gasteiger partial charge is 0.414 e. The number of ether oxygens (including phenoxy) is 1. The maximum atomic E-state index is 12.9. The standard InChI is InChI=1S/C15H22F3NO3/c1-9(15(16,17)18)14(21)7-10-5-6-11(8-14)19(10)12(20)22-13(2,3)4/h10-11,21H,1,5-8H2,2-4H3. The normalized spacial score (nSPS) is 32.0. The predicted octanol–water partition coefficient (Wildman–Crippen LogP) is 3.40.